The molecule has 1 atom stereocenters. The van der Waals surface area contributed by atoms with E-state index in [-0.39, 0.29) is 39.4 Å². The number of carboxylic acids is 1. The summed E-state index contributed by atoms with van der Waals surface area (Å²) in [5.74, 6) is -1.17. The fourth-order valence-electron chi connectivity index (χ4n) is 1.90. The van der Waals surface area contributed by atoms with E-state index in [1.807, 2.05) is 0 Å². The van der Waals surface area contributed by atoms with Gasteiger partial charge in [0, 0.05) is 6.54 Å². The Bertz CT molecular complexity index is 496. The third kappa shape index (κ3) is 17.6. The van der Waals surface area contributed by atoms with Crippen LogP contribution < -0.4 is 10.6 Å². The first-order valence-corrected chi connectivity index (χ1v) is 9.02. The Kier molecular flexibility index (Phi) is 13.6. The molecule has 1 unspecified atom stereocenters. The maximum absolute atomic E-state index is 11.7. The summed E-state index contributed by atoms with van der Waals surface area (Å²) < 4.78 is 14.9. The highest BCUT2D eigenvalue weighted by atomic mass is 17.1. The number of nitrogens with zero attached hydrogens (tertiary/aromatic N) is 1. The van der Waals surface area contributed by atoms with E-state index in [0.717, 1.165) is 0 Å². The van der Waals surface area contributed by atoms with Crippen molar-refractivity contribution in [3.63, 3.8) is 0 Å². The zero-order valence-corrected chi connectivity index (χ0v) is 16.9. The lowest BCUT2D eigenvalue weighted by Crippen LogP contribution is -2.43. The summed E-state index contributed by atoms with van der Waals surface area (Å²) in [5, 5.41) is 30.1. The number of carbonyl (C=O) groups excluding carboxylic acids is 2. The largest absolute Gasteiger partial charge is 0.480 e. The van der Waals surface area contributed by atoms with Crippen LogP contribution in [-0.4, -0.2) is 83.7 Å². The van der Waals surface area contributed by atoms with Crippen LogP contribution in [0.3, 0.4) is 0 Å². The molecule has 0 saturated heterocycles. The molecule has 5 N–H and O–H groups in total. The molecule has 0 aromatic heterocycles. The highest BCUT2D eigenvalue weighted by molar-refractivity contribution is 5.79. The first kappa shape index (κ1) is 26.8. The number of amides is 2. The maximum Gasteiger partial charge on any atom is 0.408 e. The van der Waals surface area contributed by atoms with Crippen LogP contribution in [0.25, 0.3) is 0 Å². The number of carbonyl (C=O) groups is 3. The molecule has 0 aromatic carbocycles. The second-order valence-electron chi connectivity index (χ2n) is 6.79. The van der Waals surface area contributed by atoms with E-state index in [0.29, 0.717) is 12.8 Å². The Balaban J connectivity index is 3.79. The van der Waals surface area contributed by atoms with Gasteiger partial charge in [0.25, 0.3) is 0 Å². The average Bonchev–Trinajstić information content (AvgIpc) is 2.57. The normalized spacial score (nSPS) is 12.3. The van der Waals surface area contributed by atoms with E-state index >= 15 is 0 Å². The minimum absolute atomic E-state index is 0.00526. The van der Waals surface area contributed by atoms with Gasteiger partial charge in [0.15, 0.2) is 0 Å². The zero-order chi connectivity index (χ0) is 22.3. The molecule has 0 aliphatic rings. The SMILES string of the molecule is CC(C)(C)OC(=O)NC(CCCCNC(=O)OCCOCCON(O)O)C(=O)O. The van der Waals surface area contributed by atoms with Gasteiger partial charge in [-0.3, -0.25) is 10.4 Å². The summed E-state index contributed by atoms with van der Waals surface area (Å²) in [4.78, 5) is 38.6. The number of hydrogen-bond donors (Lipinski definition) is 5. The first-order chi connectivity index (χ1) is 13.5. The summed E-state index contributed by atoms with van der Waals surface area (Å²) in [6, 6.07) is -1.08. The Labute approximate surface area is 168 Å². The van der Waals surface area contributed by atoms with Crippen molar-refractivity contribution >= 4 is 18.2 Å². The number of carboxylic acid groups (broad SMARTS) is 1. The van der Waals surface area contributed by atoms with Crippen molar-refractivity contribution in [1.29, 1.82) is 0 Å². The van der Waals surface area contributed by atoms with E-state index in [1.165, 1.54) is 0 Å². The summed E-state index contributed by atoms with van der Waals surface area (Å²) in [5.41, 5.74) is -0.726. The molecule has 0 spiro atoms. The third-order valence-electron chi connectivity index (χ3n) is 3.07. The monoisotopic (exact) mass is 425 g/mol. The number of hydrogen-bond acceptors (Lipinski definition) is 10. The van der Waals surface area contributed by atoms with Gasteiger partial charge >= 0.3 is 18.2 Å². The molecule has 0 rings (SSSR count). The van der Waals surface area contributed by atoms with Crippen molar-refractivity contribution in [2.24, 2.45) is 0 Å². The second-order valence-corrected chi connectivity index (χ2v) is 6.79. The van der Waals surface area contributed by atoms with E-state index < -0.39 is 35.2 Å². The van der Waals surface area contributed by atoms with Gasteiger partial charge in [0.1, 0.15) is 18.2 Å². The molecular weight excluding hydrogens is 394 g/mol. The molecule has 13 heteroatoms. The van der Waals surface area contributed by atoms with Gasteiger partial charge in [0.2, 0.25) is 0 Å². The molecule has 0 saturated carbocycles. The van der Waals surface area contributed by atoms with E-state index in [2.05, 4.69) is 15.5 Å². The quantitative estimate of drug-likeness (QED) is 0.197. The molecule has 0 aliphatic heterocycles. The number of ether oxygens (including phenoxy) is 3. The fourth-order valence-corrected chi connectivity index (χ4v) is 1.90. The molecule has 2 amide bonds. The van der Waals surface area contributed by atoms with Crippen LogP contribution in [-0.2, 0) is 23.8 Å². The number of alkyl carbamates (subject to hydrolysis) is 2. The molecular formula is C16H31N3O10. The van der Waals surface area contributed by atoms with Gasteiger partial charge in [-0.25, -0.2) is 19.2 Å². The molecule has 0 fully saturated rings. The highest BCUT2D eigenvalue weighted by Crippen LogP contribution is 2.08. The maximum atomic E-state index is 11.7. The van der Waals surface area contributed by atoms with Gasteiger partial charge in [-0.1, -0.05) is 0 Å². The zero-order valence-electron chi connectivity index (χ0n) is 16.9. The lowest BCUT2D eigenvalue weighted by molar-refractivity contribution is -0.493. The molecule has 29 heavy (non-hydrogen) atoms. The molecule has 0 aromatic rings. The summed E-state index contributed by atoms with van der Waals surface area (Å²) >= 11 is 0. The second kappa shape index (κ2) is 14.8. The number of unbranched alkanes of at least 4 members (excludes halogenated alkanes) is 1. The van der Waals surface area contributed by atoms with Crippen LogP contribution in [0.5, 0.6) is 0 Å². The average molecular weight is 425 g/mol. The summed E-state index contributed by atoms with van der Waals surface area (Å²) in [6.45, 7) is 5.38. The Morgan fingerprint density at radius 1 is 1.00 bits per heavy atom. The van der Waals surface area contributed by atoms with E-state index in [1.54, 1.807) is 20.8 Å². The van der Waals surface area contributed by atoms with Crippen LogP contribution in [0.1, 0.15) is 40.0 Å². The molecule has 0 bridgehead atoms. The minimum Gasteiger partial charge on any atom is -0.480 e. The molecule has 13 nitrogen and oxygen atoms in total. The first-order valence-electron chi connectivity index (χ1n) is 9.02. The van der Waals surface area contributed by atoms with Crippen LogP contribution in [0.4, 0.5) is 9.59 Å². The van der Waals surface area contributed by atoms with E-state index in [9.17, 15) is 14.4 Å². The number of aliphatic carboxylic acids is 1. The smallest absolute Gasteiger partial charge is 0.408 e. The number of rotatable bonds is 14. The molecule has 0 radical (unpaired) electrons. The highest BCUT2D eigenvalue weighted by Gasteiger charge is 2.23. The van der Waals surface area contributed by atoms with E-state index in [4.69, 9.17) is 29.7 Å². The Morgan fingerprint density at radius 3 is 2.24 bits per heavy atom. The predicted octanol–water partition coefficient (Wildman–Crippen LogP) is 0.889. The van der Waals surface area contributed by atoms with Crippen LogP contribution >= 0.6 is 0 Å². The van der Waals surface area contributed by atoms with Crippen molar-refractivity contribution in [1.82, 2.24) is 16.0 Å². The van der Waals surface area contributed by atoms with Crippen molar-refractivity contribution in [2.75, 3.05) is 33.0 Å². The topological polar surface area (TPSA) is 176 Å². The predicted molar refractivity (Wildman–Crippen MR) is 96.2 cm³/mol. The van der Waals surface area contributed by atoms with Crippen molar-refractivity contribution in [2.45, 2.75) is 51.7 Å². The minimum atomic E-state index is -1.17. The van der Waals surface area contributed by atoms with Gasteiger partial charge in [-0.2, -0.15) is 0 Å². The molecule has 0 aliphatic carbocycles. The number of nitrogens with one attached hydrogen (secondary N) is 2. The molecule has 0 heterocycles. The molecule has 170 valence electrons. The van der Waals surface area contributed by atoms with Gasteiger partial charge in [-0.05, 0) is 40.0 Å². The Hall–Kier alpha value is -2.19. The van der Waals surface area contributed by atoms with Crippen LogP contribution in [0, 0.1) is 0 Å². The van der Waals surface area contributed by atoms with Gasteiger partial charge < -0.3 is 30.0 Å². The van der Waals surface area contributed by atoms with Crippen LogP contribution in [0.15, 0.2) is 0 Å². The third-order valence-corrected chi connectivity index (χ3v) is 3.07. The standard InChI is InChI=1S/C16H31N3O10/c1-16(2,3)29-15(23)18-12(13(20)21)6-4-5-7-17-14(22)27-10-8-26-9-11-28-19(24)25/h12,24-25H,4-11H2,1-3H3,(H,17,22)(H,18,23)(H,20,21). The van der Waals surface area contributed by atoms with Gasteiger partial charge in [-0.15, -0.1) is 0 Å². The van der Waals surface area contributed by atoms with Crippen molar-refractivity contribution in [3.8, 4) is 0 Å². The lowest BCUT2D eigenvalue weighted by Gasteiger charge is -2.22. The lowest BCUT2D eigenvalue weighted by atomic mass is 10.1. The fraction of sp³-hybridized carbons (Fsp3) is 0.812. The summed E-state index contributed by atoms with van der Waals surface area (Å²) in [6.07, 6.45) is -0.334. The Morgan fingerprint density at radius 2 is 1.66 bits per heavy atom. The van der Waals surface area contributed by atoms with Crippen LogP contribution in [0.2, 0.25) is 0 Å². The van der Waals surface area contributed by atoms with Crippen molar-refractivity contribution < 1.29 is 49.0 Å². The van der Waals surface area contributed by atoms with Crippen molar-refractivity contribution in [3.05, 3.63) is 0 Å². The van der Waals surface area contributed by atoms with Gasteiger partial charge in [0.05, 0.1) is 25.2 Å². The summed E-state index contributed by atoms with van der Waals surface area (Å²) in [7, 11) is 0.